The van der Waals surface area contributed by atoms with Crippen molar-refractivity contribution in [2.24, 2.45) is 0 Å². The molecule has 6 heteroatoms. The van der Waals surface area contributed by atoms with E-state index in [2.05, 4.69) is 5.32 Å². The zero-order valence-corrected chi connectivity index (χ0v) is 15.4. The largest absolute Gasteiger partial charge is 0.444 e. The fourth-order valence-electron chi connectivity index (χ4n) is 2.54. The third-order valence-electron chi connectivity index (χ3n) is 3.99. The van der Waals surface area contributed by atoms with Crippen molar-refractivity contribution in [3.8, 4) is 0 Å². The Morgan fingerprint density at radius 1 is 1.26 bits per heavy atom. The van der Waals surface area contributed by atoms with Crippen molar-refractivity contribution in [1.29, 1.82) is 0 Å². The summed E-state index contributed by atoms with van der Waals surface area (Å²) in [5, 5.41) is 2.95. The van der Waals surface area contributed by atoms with Crippen molar-refractivity contribution in [3.63, 3.8) is 0 Å². The quantitative estimate of drug-likeness (QED) is 0.814. The summed E-state index contributed by atoms with van der Waals surface area (Å²) in [6.07, 6.45) is 2.19. The normalized spacial score (nSPS) is 21.6. The standard InChI is InChI=1S/C17H32N2O4/c1-7-13(8-2)18-14(20)11-22-17(6)9-10-19(12-17)15(21)23-16(3,4)5/h13H,7-12H2,1-6H3,(H,18,20). The van der Waals surface area contributed by atoms with Crippen molar-refractivity contribution in [2.75, 3.05) is 19.7 Å². The molecule has 0 bridgehead atoms. The zero-order chi connectivity index (χ0) is 17.7. The number of hydrogen-bond donors (Lipinski definition) is 1. The van der Waals surface area contributed by atoms with Crippen LogP contribution < -0.4 is 5.32 Å². The van der Waals surface area contributed by atoms with Crippen LogP contribution in [0.4, 0.5) is 4.79 Å². The Balaban J connectivity index is 2.43. The van der Waals surface area contributed by atoms with Gasteiger partial charge in [-0.3, -0.25) is 4.79 Å². The second-order valence-electron chi connectivity index (χ2n) is 7.47. The van der Waals surface area contributed by atoms with Crippen LogP contribution in [0.5, 0.6) is 0 Å². The summed E-state index contributed by atoms with van der Waals surface area (Å²) in [7, 11) is 0. The number of carbonyl (C=O) groups excluding carboxylic acids is 2. The van der Waals surface area contributed by atoms with Gasteiger partial charge >= 0.3 is 6.09 Å². The maximum absolute atomic E-state index is 12.1. The highest BCUT2D eigenvalue weighted by Gasteiger charge is 2.39. The minimum absolute atomic E-state index is 0.0230. The molecule has 0 spiro atoms. The Kier molecular flexibility index (Phi) is 6.86. The van der Waals surface area contributed by atoms with Gasteiger partial charge in [0.05, 0.1) is 12.1 Å². The van der Waals surface area contributed by atoms with E-state index in [1.165, 1.54) is 0 Å². The summed E-state index contributed by atoms with van der Waals surface area (Å²) < 4.78 is 11.2. The number of nitrogens with one attached hydrogen (secondary N) is 1. The maximum atomic E-state index is 12.1. The van der Waals surface area contributed by atoms with Gasteiger partial charge in [0.15, 0.2) is 0 Å². The van der Waals surface area contributed by atoms with Crippen molar-refractivity contribution in [3.05, 3.63) is 0 Å². The van der Waals surface area contributed by atoms with Crippen LogP contribution in [-0.2, 0) is 14.3 Å². The van der Waals surface area contributed by atoms with E-state index in [4.69, 9.17) is 9.47 Å². The van der Waals surface area contributed by atoms with Crippen LogP contribution in [0.15, 0.2) is 0 Å². The van der Waals surface area contributed by atoms with E-state index in [0.29, 0.717) is 19.5 Å². The summed E-state index contributed by atoms with van der Waals surface area (Å²) in [5.41, 5.74) is -1.01. The van der Waals surface area contributed by atoms with Gasteiger partial charge in [-0.05, 0) is 47.0 Å². The van der Waals surface area contributed by atoms with Crippen LogP contribution in [-0.4, -0.2) is 53.8 Å². The van der Waals surface area contributed by atoms with Gasteiger partial charge in [-0.1, -0.05) is 13.8 Å². The lowest BCUT2D eigenvalue weighted by atomic mass is 10.1. The van der Waals surface area contributed by atoms with Gasteiger partial charge < -0.3 is 19.7 Å². The van der Waals surface area contributed by atoms with Crippen molar-refractivity contribution in [1.82, 2.24) is 10.2 Å². The summed E-state index contributed by atoms with van der Waals surface area (Å²) >= 11 is 0. The number of ether oxygens (including phenoxy) is 2. The average Bonchev–Trinajstić information content (AvgIpc) is 2.84. The molecular weight excluding hydrogens is 296 g/mol. The minimum atomic E-state index is -0.508. The lowest BCUT2D eigenvalue weighted by molar-refractivity contribution is -0.132. The molecule has 2 amide bonds. The Hall–Kier alpha value is -1.30. The second kappa shape index (κ2) is 7.99. The first-order chi connectivity index (χ1) is 10.6. The van der Waals surface area contributed by atoms with Crippen molar-refractivity contribution >= 4 is 12.0 Å². The predicted octanol–water partition coefficient (Wildman–Crippen LogP) is 2.71. The SMILES string of the molecule is CCC(CC)NC(=O)COC1(C)CCN(C(=O)OC(C)(C)C)C1. The Labute approximate surface area is 139 Å². The highest BCUT2D eigenvalue weighted by atomic mass is 16.6. The molecule has 1 saturated heterocycles. The first kappa shape index (κ1) is 19.7. The van der Waals surface area contributed by atoms with Crippen LogP contribution >= 0.6 is 0 Å². The highest BCUT2D eigenvalue weighted by molar-refractivity contribution is 5.77. The van der Waals surface area contributed by atoms with E-state index in [9.17, 15) is 9.59 Å². The Morgan fingerprint density at radius 3 is 2.39 bits per heavy atom. The van der Waals surface area contributed by atoms with Crippen molar-refractivity contribution < 1.29 is 19.1 Å². The summed E-state index contributed by atoms with van der Waals surface area (Å²) in [6.45, 7) is 12.6. The first-order valence-corrected chi connectivity index (χ1v) is 8.50. The third-order valence-corrected chi connectivity index (χ3v) is 3.99. The number of rotatable bonds is 6. The van der Waals surface area contributed by atoms with E-state index >= 15 is 0 Å². The van der Waals surface area contributed by atoms with Gasteiger partial charge in [-0.25, -0.2) is 4.79 Å². The molecular formula is C17H32N2O4. The molecule has 1 aliphatic rings. The van der Waals surface area contributed by atoms with Crippen LogP contribution in [0.2, 0.25) is 0 Å². The van der Waals surface area contributed by atoms with Gasteiger partial charge in [0.1, 0.15) is 12.2 Å². The fourth-order valence-corrected chi connectivity index (χ4v) is 2.54. The summed E-state index contributed by atoms with van der Waals surface area (Å²) in [4.78, 5) is 25.7. The van der Waals surface area contributed by atoms with Gasteiger partial charge in [-0.15, -0.1) is 0 Å². The molecule has 1 atom stereocenters. The average molecular weight is 328 g/mol. The molecule has 0 aliphatic carbocycles. The number of amides is 2. The number of nitrogens with zero attached hydrogens (tertiary/aromatic N) is 1. The van der Waals surface area contributed by atoms with Crippen LogP contribution in [0.1, 0.15) is 60.8 Å². The molecule has 1 N–H and O–H groups in total. The Morgan fingerprint density at radius 2 is 1.87 bits per heavy atom. The molecule has 23 heavy (non-hydrogen) atoms. The molecule has 1 heterocycles. The lowest BCUT2D eigenvalue weighted by Gasteiger charge is -2.27. The van der Waals surface area contributed by atoms with E-state index in [1.54, 1.807) is 4.90 Å². The van der Waals surface area contributed by atoms with E-state index in [0.717, 1.165) is 12.8 Å². The lowest BCUT2D eigenvalue weighted by Crippen LogP contribution is -2.42. The van der Waals surface area contributed by atoms with Crippen LogP contribution in [0.25, 0.3) is 0 Å². The topological polar surface area (TPSA) is 67.9 Å². The van der Waals surface area contributed by atoms with Crippen LogP contribution in [0, 0.1) is 0 Å². The number of carbonyl (C=O) groups is 2. The molecule has 0 aromatic rings. The smallest absolute Gasteiger partial charge is 0.410 e. The molecule has 1 unspecified atom stereocenters. The van der Waals surface area contributed by atoms with Gasteiger partial charge in [0.2, 0.25) is 5.91 Å². The Bertz CT molecular complexity index is 415. The van der Waals surface area contributed by atoms with E-state index < -0.39 is 11.2 Å². The van der Waals surface area contributed by atoms with Crippen molar-refractivity contribution in [2.45, 2.75) is 78.0 Å². The molecule has 0 aromatic heterocycles. The monoisotopic (exact) mass is 328 g/mol. The number of hydrogen-bond acceptors (Lipinski definition) is 4. The highest BCUT2D eigenvalue weighted by Crippen LogP contribution is 2.26. The second-order valence-corrected chi connectivity index (χ2v) is 7.47. The molecule has 0 saturated carbocycles. The fraction of sp³-hybridized carbons (Fsp3) is 0.882. The maximum Gasteiger partial charge on any atom is 0.410 e. The third kappa shape index (κ3) is 6.77. The summed E-state index contributed by atoms with van der Waals surface area (Å²) in [6, 6.07) is 0.195. The molecule has 6 nitrogen and oxygen atoms in total. The van der Waals surface area contributed by atoms with Gasteiger partial charge in [-0.2, -0.15) is 0 Å². The van der Waals surface area contributed by atoms with E-state index in [1.807, 2.05) is 41.5 Å². The predicted molar refractivity (Wildman–Crippen MR) is 89.3 cm³/mol. The molecule has 134 valence electrons. The molecule has 1 rings (SSSR count). The van der Waals surface area contributed by atoms with E-state index in [-0.39, 0.29) is 24.6 Å². The molecule has 1 aliphatic heterocycles. The zero-order valence-electron chi connectivity index (χ0n) is 15.4. The molecule has 1 fully saturated rings. The number of likely N-dealkylation sites (tertiary alicyclic amines) is 1. The van der Waals surface area contributed by atoms with Gasteiger partial charge in [0.25, 0.3) is 0 Å². The van der Waals surface area contributed by atoms with Crippen LogP contribution in [0.3, 0.4) is 0 Å². The molecule has 0 radical (unpaired) electrons. The molecule has 0 aromatic carbocycles. The summed E-state index contributed by atoms with van der Waals surface area (Å²) in [5.74, 6) is -0.101. The first-order valence-electron chi connectivity index (χ1n) is 8.50. The van der Waals surface area contributed by atoms with Gasteiger partial charge in [0, 0.05) is 12.6 Å². The minimum Gasteiger partial charge on any atom is -0.444 e.